The number of phenols is 1. The molecule has 3 N–H and O–H groups in total. The Morgan fingerprint density at radius 3 is 2.46 bits per heavy atom. The highest BCUT2D eigenvalue weighted by Crippen LogP contribution is 2.29. The summed E-state index contributed by atoms with van der Waals surface area (Å²) in [6.07, 6.45) is 1.26. The van der Waals surface area contributed by atoms with E-state index in [0.717, 1.165) is 0 Å². The molecular formula is C20H14FN3O2. The molecule has 3 rings (SSSR count). The second-order valence-electron chi connectivity index (χ2n) is 5.45. The average molecular weight is 347 g/mol. The third kappa shape index (κ3) is 3.62. The van der Waals surface area contributed by atoms with E-state index in [1.165, 1.54) is 30.5 Å². The van der Waals surface area contributed by atoms with Gasteiger partial charge in [0.25, 0.3) is 5.91 Å². The zero-order valence-electron chi connectivity index (χ0n) is 13.5. The fourth-order valence-electron chi connectivity index (χ4n) is 2.44. The molecule has 0 spiro atoms. The molecule has 0 bridgehead atoms. The molecule has 0 unspecified atom stereocenters. The first-order chi connectivity index (χ1) is 12.6. The predicted molar refractivity (Wildman–Crippen MR) is 98.0 cm³/mol. The smallest absolute Gasteiger partial charge is 0.267 e. The first-order valence-electron chi connectivity index (χ1n) is 7.73. The Balaban J connectivity index is 1.82. The molecule has 0 aromatic heterocycles. The fraction of sp³-hybridized carbons (Fsp3) is 0. The summed E-state index contributed by atoms with van der Waals surface area (Å²) in [5.74, 6) is -0.873. The maximum Gasteiger partial charge on any atom is 0.267 e. The topological polar surface area (TPSA) is 85.2 Å². The van der Waals surface area contributed by atoms with E-state index in [9.17, 15) is 19.6 Å². The van der Waals surface area contributed by atoms with Crippen molar-refractivity contribution < 1.29 is 14.3 Å². The van der Waals surface area contributed by atoms with E-state index in [2.05, 4.69) is 10.6 Å². The van der Waals surface area contributed by atoms with Crippen LogP contribution >= 0.6 is 0 Å². The number of halogens is 1. The van der Waals surface area contributed by atoms with Gasteiger partial charge in [-0.15, -0.1) is 0 Å². The summed E-state index contributed by atoms with van der Waals surface area (Å²) in [5, 5.41) is 25.8. The van der Waals surface area contributed by atoms with Crippen molar-refractivity contribution in [3.8, 4) is 11.8 Å². The van der Waals surface area contributed by atoms with Crippen LogP contribution in [0.3, 0.4) is 0 Å². The Bertz CT molecular complexity index is 1040. The first kappa shape index (κ1) is 17.0. The second-order valence-corrected chi connectivity index (χ2v) is 5.45. The molecule has 0 radical (unpaired) electrons. The quantitative estimate of drug-likeness (QED) is 0.489. The highest BCUT2D eigenvalue weighted by molar-refractivity contribution is 6.11. The average Bonchev–Trinajstić information content (AvgIpc) is 2.64. The van der Waals surface area contributed by atoms with Crippen molar-refractivity contribution in [2.45, 2.75) is 0 Å². The van der Waals surface area contributed by atoms with Gasteiger partial charge in [-0.2, -0.15) is 5.26 Å². The lowest BCUT2D eigenvalue weighted by Crippen LogP contribution is -2.14. The van der Waals surface area contributed by atoms with E-state index >= 15 is 0 Å². The van der Waals surface area contributed by atoms with E-state index in [0.29, 0.717) is 22.1 Å². The number of nitriles is 1. The number of nitrogens with zero attached hydrogens (tertiary/aromatic N) is 1. The molecule has 0 aliphatic carbocycles. The van der Waals surface area contributed by atoms with E-state index in [1.807, 2.05) is 6.07 Å². The van der Waals surface area contributed by atoms with Crippen molar-refractivity contribution in [2.24, 2.45) is 0 Å². The van der Waals surface area contributed by atoms with Crippen molar-refractivity contribution in [2.75, 3.05) is 10.6 Å². The van der Waals surface area contributed by atoms with Gasteiger partial charge in [0.05, 0.1) is 0 Å². The third-order valence-electron chi connectivity index (χ3n) is 3.74. The molecule has 128 valence electrons. The summed E-state index contributed by atoms with van der Waals surface area (Å²) in [6.45, 7) is 0. The molecule has 0 aliphatic heterocycles. The van der Waals surface area contributed by atoms with Crippen LogP contribution in [-0.2, 0) is 4.79 Å². The van der Waals surface area contributed by atoms with Crippen LogP contribution in [0.5, 0.6) is 5.75 Å². The van der Waals surface area contributed by atoms with Gasteiger partial charge in [0.1, 0.15) is 23.2 Å². The Morgan fingerprint density at radius 2 is 1.73 bits per heavy atom. The van der Waals surface area contributed by atoms with Crippen molar-refractivity contribution >= 4 is 28.1 Å². The van der Waals surface area contributed by atoms with Crippen LogP contribution < -0.4 is 10.6 Å². The first-order valence-corrected chi connectivity index (χ1v) is 7.73. The molecule has 0 heterocycles. The summed E-state index contributed by atoms with van der Waals surface area (Å²) in [4.78, 5) is 12.4. The maximum absolute atomic E-state index is 12.9. The number of hydrogen-bond donors (Lipinski definition) is 3. The van der Waals surface area contributed by atoms with Crippen molar-refractivity contribution in [3.05, 3.63) is 78.3 Å². The largest absolute Gasteiger partial charge is 0.507 e. The van der Waals surface area contributed by atoms with Crippen molar-refractivity contribution in [3.63, 3.8) is 0 Å². The Labute approximate surface area is 149 Å². The fourth-order valence-corrected chi connectivity index (χ4v) is 2.44. The number of phenolic OH excluding ortho intramolecular Hbond substituents is 1. The van der Waals surface area contributed by atoms with Gasteiger partial charge in [0.15, 0.2) is 0 Å². The summed E-state index contributed by atoms with van der Waals surface area (Å²) in [7, 11) is 0. The molecule has 0 aliphatic rings. The predicted octanol–water partition coefficient (Wildman–Crippen LogP) is 4.14. The summed E-state index contributed by atoms with van der Waals surface area (Å²) < 4.78 is 12.9. The minimum atomic E-state index is -0.599. The number of hydrogen-bond acceptors (Lipinski definition) is 4. The summed E-state index contributed by atoms with van der Waals surface area (Å²) >= 11 is 0. The number of nitrogens with one attached hydrogen (secondary N) is 2. The lowest BCUT2D eigenvalue weighted by atomic mass is 10.1. The van der Waals surface area contributed by atoms with Crippen LogP contribution in [0.15, 0.2) is 72.4 Å². The molecule has 6 heteroatoms. The lowest BCUT2D eigenvalue weighted by molar-refractivity contribution is -0.112. The molecular weight excluding hydrogens is 333 g/mol. The Morgan fingerprint density at radius 1 is 1.04 bits per heavy atom. The van der Waals surface area contributed by atoms with Crippen LogP contribution in [0.25, 0.3) is 10.8 Å². The Hall–Kier alpha value is -3.85. The van der Waals surface area contributed by atoms with Crippen molar-refractivity contribution in [1.29, 1.82) is 5.26 Å². The number of aromatic hydroxyl groups is 1. The number of fused-ring (bicyclic) bond motifs is 1. The van der Waals surface area contributed by atoms with Gasteiger partial charge in [-0.25, -0.2) is 4.39 Å². The van der Waals surface area contributed by atoms with Gasteiger partial charge in [0.2, 0.25) is 0 Å². The van der Waals surface area contributed by atoms with Gasteiger partial charge < -0.3 is 15.7 Å². The standard InChI is InChI=1S/C20H14FN3O2/c21-14-7-9-15(10-8-14)23-12-13(11-22)20(26)24-18-5-1-4-17-16(18)3-2-6-19(17)25/h1-10,12,23,25H,(H,24,26)/b13-12-. The number of rotatable bonds is 4. The molecule has 0 saturated carbocycles. The van der Waals surface area contributed by atoms with E-state index < -0.39 is 5.91 Å². The number of benzene rings is 3. The molecule has 26 heavy (non-hydrogen) atoms. The normalized spacial score (nSPS) is 11.0. The van der Waals surface area contributed by atoms with E-state index in [4.69, 9.17) is 0 Å². The zero-order chi connectivity index (χ0) is 18.5. The molecule has 0 fully saturated rings. The van der Waals surface area contributed by atoms with Crippen molar-refractivity contribution in [1.82, 2.24) is 0 Å². The molecule has 3 aromatic rings. The van der Waals surface area contributed by atoms with E-state index in [1.54, 1.807) is 36.4 Å². The van der Waals surface area contributed by atoms with Gasteiger partial charge in [-0.3, -0.25) is 4.79 Å². The second kappa shape index (κ2) is 7.36. The number of amides is 1. The minimum absolute atomic E-state index is 0.104. The van der Waals surface area contributed by atoms with Crippen LogP contribution in [0.2, 0.25) is 0 Å². The molecule has 1 amide bonds. The Kier molecular flexibility index (Phi) is 4.81. The summed E-state index contributed by atoms with van der Waals surface area (Å²) in [5.41, 5.74) is 0.875. The number of carbonyl (C=O) groups is 1. The SMILES string of the molecule is N#C/C(=C/Nc1ccc(F)cc1)C(=O)Nc1cccc2c(O)cccc12. The van der Waals surface area contributed by atoms with Gasteiger partial charge in [0, 0.05) is 28.3 Å². The zero-order valence-corrected chi connectivity index (χ0v) is 13.5. The monoisotopic (exact) mass is 347 g/mol. The highest BCUT2D eigenvalue weighted by atomic mass is 19.1. The molecule has 5 nitrogen and oxygen atoms in total. The molecule has 0 saturated heterocycles. The summed E-state index contributed by atoms with van der Waals surface area (Å²) in [6, 6.07) is 17.5. The van der Waals surface area contributed by atoms with Crippen LogP contribution in [-0.4, -0.2) is 11.0 Å². The molecule has 0 atom stereocenters. The molecule has 3 aromatic carbocycles. The van der Waals surface area contributed by atoms with Gasteiger partial charge >= 0.3 is 0 Å². The maximum atomic E-state index is 12.9. The highest BCUT2D eigenvalue weighted by Gasteiger charge is 2.12. The lowest BCUT2D eigenvalue weighted by Gasteiger charge is -2.09. The van der Waals surface area contributed by atoms with Crippen LogP contribution in [0.1, 0.15) is 0 Å². The minimum Gasteiger partial charge on any atom is -0.507 e. The third-order valence-corrected chi connectivity index (χ3v) is 3.74. The van der Waals surface area contributed by atoms with Crippen LogP contribution in [0.4, 0.5) is 15.8 Å². The van der Waals surface area contributed by atoms with Gasteiger partial charge in [-0.1, -0.05) is 24.3 Å². The van der Waals surface area contributed by atoms with Crippen LogP contribution in [0, 0.1) is 17.1 Å². The van der Waals surface area contributed by atoms with Gasteiger partial charge in [-0.05, 0) is 36.4 Å². The van der Waals surface area contributed by atoms with E-state index in [-0.39, 0.29) is 17.1 Å². The number of carbonyl (C=O) groups excluding carboxylic acids is 1. The number of anilines is 2.